The van der Waals surface area contributed by atoms with Crippen molar-refractivity contribution in [2.75, 3.05) is 13.2 Å². The van der Waals surface area contributed by atoms with Gasteiger partial charge in [0.1, 0.15) is 0 Å². The number of hydrogen-bond acceptors (Lipinski definition) is 5. The number of esters is 1. The Kier molecular flexibility index (Phi) is 4.45. The van der Waals surface area contributed by atoms with Crippen molar-refractivity contribution in [2.24, 2.45) is 0 Å². The quantitative estimate of drug-likeness (QED) is 0.445. The monoisotopic (exact) mass is 239 g/mol. The fourth-order valence-electron chi connectivity index (χ4n) is 1.30. The third-order valence-electron chi connectivity index (χ3n) is 2.03. The van der Waals surface area contributed by atoms with Crippen LogP contribution in [0.25, 0.3) is 0 Å². The fraction of sp³-hybridized carbons (Fsp3) is 0.364. The van der Waals surface area contributed by atoms with Crippen molar-refractivity contribution < 1.29 is 19.2 Å². The molecule has 92 valence electrons. The average Bonchev–Trinajstić information content (AvgIpc) is 2.27. The van der Waals surface area contributed by atoms with E-state index in [4.69, 9.17) is 4.74 Å². The summed E-state index contributed by atoms with van der Waals surface area (Å²) in [6.07, 6.45) is 0. The zero-order chi connectivity index (χ0) is 12.8. The smallest absolute Gasteiger partial charge is 0.344 e. The Labute approximate surface area is 98.3 Å². The number of rotatable bonds is 5. The van der Waals surface area contributed by atoms with Crippen LogP contribution in [0.1, 0.15) is 12.5 Å². The second kappa shape index (κ2) is 5.83. The SMILES string of the molecule is CCOC(=O)COc1c(C)cccc1[N+](=O)[O-]. The zero-order valence-corrected chi connectivity index (χ0v) is 9.63. The largest absolute Gasteiger partial charge is 0.475 e. The molecule has 6 nitrogen and oxygen atoms in total. The minimum Gasteiger partial charge on any atom is -0.475 e. The summed E-state index contributed by atoms with van der Waals surface area (Å²) >= 11 is 0. The highest BCUT2D eigenvalue weighted by Crippen LogP contribution is 2.30. The molecule has 6 heteroatoms. The second-order valence-electron chi connectivity index (χ2n) is 3.27. The van der Waals surface area contributed by atoms with E-state index in [1.807, 2.05) is 0 Å². The van der Waals surface area contributed by atoms with Gasteiger partial charge in [-0.25, -0.2) is 4.79 Å². The predicted molar refractivity (Wildman–Crippen MR) is 60.0 cm³/mol. The van der Waals surface area contributed by atoms with Gasteiger partial charge in [-0.3, -0.25) is 10.1 Å². The lowest BCUT2D eigenvalue weighted by Crippen LogP contribution is -2.15. The third-order valence-corrected chi connectivity index (χ3v) is 2.03. The van der Waals surface area contributed by atoms with Gasteiger partial charge in [-0.2, -0.15) is 0 Å². The molecule has 0 radical (unpaired) electrons. The van der Waals surface area contributed by atoms with Gasteiger partial charge in [-0.05, 0) is 19.4 Å². The summed E-state index contributed by atoms with van der Waals surface area (Å²) in [6, 6.07) is 4.56. The van der Waals surface area contributed by atoms with Crippen molar-refractivity contribution in [2.45, 2.75) is 13.8 Å². The molecule has 0 saturated heterocycles. The van der Waals surface area contributed by atoms with Gasteiger partial charge >= 0.3 is 11.7 Å². The predicted octanol–water partition coefficient (Wildman–Crippen LogP) is 1.85. The highest BCUT2D eigenvalue weighted by Gasteiger charge is 2.18. The van der Waals surface area contributed by atoms with Crippen molar-refractivity contribution in [1.82, 2.24) is 0 Å². The Morgan fingerprint density at radius 3 is 2.76 bits per heavy atom. The second-order valence-corrected chi connectivity index (χ2v) is 3.27. The van der Waals surface area contributed by atoms with Crippen LogP contribution < -0.4 is 4.74 Å². The number of nitrogens with zero attached hydrogens (tertiary/aromatic N) is 1. The topological polar surface area (TPSA) is 78.7 Å². The van der Waals surface area contributed by atoms with E-state index in [-0.39, 0.29) is 24.7 Å². The van der Waals surface area contributed by atoms with Crippen molar-refractivity contribution in [3.8, 4) is 5.75 Å². The number of carbonyl (C=O) groups is 1. The molecule has 0 atom stereocenters. The maximum Gasteiger partial charge on any atom is 0.344 e. The summed E-state index contributed by atoms with van der Waals surface area (Å²) in [6.45, 7) is 3.26. The highest BCUT2D eigenvalue weighted by molar-refractivity contribution is 5.71. The molecule has 17 heavy (non-hydrogen) atoms. The average molecular weight is 239 g/mol. The Hall–Kier alpha value is -2.11. The molecular weight excluding hydrogens is 226 g/mol. The van der Waals surface area contributed by atoms with Crippen LogP contribution in [0.5, 0.6) is 5.75 Å². The number of nitro benzene ring substituents is 1. The molecule has 0 amide bonds. The van der Waals surface area contributed by atoms with Gasteiger partial charge in [0.05, 0.1) is 11.5 Å². The maximum absolute atomic E-state index is 11.1. The minimum absolute atomic E-state index is 0.102. The van der Waals surface area contributed by atoms with E-state index in [2.05, 4.69) is 4.74 Å². The third kappa shape index (κ3) is 3.44. The number of hydrogen-bond donors (Lipinski definition) is 0. The van der Waals surface area contributed by atoms with Gasteiger partial charge in [0, 0.05) is 6.07 Å². The molecule has 0 aliphatic heterocycles. The molecule has 0 saturated carbocycles. The lowest BCUT2D eigenvalue weighted by atomic mass is 10.2. The van der Waals surface area contributed by atoms with Crippen LogP contribution >= 0.6 is 0 Å². The molecule has 0 aliphatic rings. The van der Waals surface area contributed by atoms with Crippen LogP contribution in [0.4, 0.5) is 5.69 Å². The Bertz CT molecular complexity index is 430. The summed E-state index contributed by atoms with van der Waals surface area (Å²) in [5.74, 6) is -0.449. The molecule has 0 unspecified atom stereocenters. The summed E-state index contributed by atoms with van der Waals surface area (Å²) in [4.78, 5) is 21.3. The Morgan fingerprint density at radius 2 is 2.18 bits per heavy atom. The number of carbonyl (C=O) groups excluding carboxylic acids is 1. The van der Waals surface area contributed by atoms with Gasteiger partial charge in [-0.1, -0.05) is 12.1 Å². The van der Waals surface area contributed by atoms with Gasteiger partial charge < -0.3 is 9.47 Å². The van der Waals surface area contributed by atoms with Crippen LogP contribution in [0.3, 0.4) is 0 Å². The molecule has 0 fully saturated rings. The summed E-state index contributed by atoms with van der Waals surface area (Å²) in [7, 11) is 0. The zero-order valence-electron chi connectivity index (χ0n) is 9.63. The molecule has 0 aromatic heterocycles. The number of nitro groups is 1. The minimum atomic E-state index is -0.551. The first kappa shape index (κ1) is 13.0. The Morgan fingerprint density at radius 1 is 1.47 bits per heavy atom. The number of aryl methyl sites for hydroxylation is 1. The first-order valence-corrected chi connectivity index (χ1v) is 5.08. The first-order valence-electron chi connectivity index (χ1n) is 5.08. The summed E-state index contributed by atoms with van der Waals surface area (Å²) in [5, 5.41) is 10.8. The molecule has 0 N–H and O–H groups in total. The van der Waals surface area contributed by atoms with E-state index in [0.717, 1.165) is 0 Å². The molecule has 1 aromatic rings. The highest BCUT2D eigenvalue weighted by atomic mass is 16.6. The lowest BCUT2D eigenvalue weighted by Gasteiger charge is -2.08. The number of ether oxygens (including phenoxy) is 2. The summed E-state index contributed by atoms with van der Waals surface area (Å²) in [5.41, 5.74) is 0.442. The number of benzene rings is 1. The fourth-order valence-corrected chi connectivity index (χ4v) is 1.30. The molecule has 0 heterocycles. The van der Waals surface area contributed by atoms with E-state index >= 15 is 0 Å². The van der Waals surface area contributed by atoms with Crippen LogP contribution in [-0.4, -0.2) is 24.1 Å². The van der Waals surface area contributed by atoms with Crippen molar-refractivity contribution >= 4 is 11.7 Å². The van der Waals surface area contributed by atoms with E-state index in [1.54, 1.807) is 26.0 Å². The van der Waals surface area contributed by atoms with Gasteiger partial charge in [0.15, 0.2) is 6.61 Å². The molecule has 0 bridgehead atoms. The van der Waals surface area contributed by atoms with Crippen LogP contribution in [-0.2, 0) is 9.53 Å². The van der Waals surface area contributed by atoms with E-state index < -0.39 is 10.9 Å². The lowest BCUT2D eigenvalue weighted by molar-refractivity contribution is -0.385. The molecule has 1 aromatic carbocycles. The Balaban J connectivity index is 2.82. The van der Waals surface area contributed by atoms with Gasteiger partial charge in [-0.15, -0.1) is 0 Å². The van der Waals surface area contributed by atoms with Gasteiger partial charge in [0.2, 0.25) is 5.75 Å². The molecule has 0 aliphatic carbocycles. The van der Waals surface area contributed by atoms with E-state index in [0.29, 0.717) is 5.56 Å². The van der Waals surface area contributed by atoms with Crippen molar-refractivity contribution in [3.05, 3.63) is 33.9 Å². The van der Waals surface area contributed by atoms with Crippen LogP contribution in [0.15, 0.2) is 18.2 Å². The van der Waals surface area contributed by atoms with Gasteiger partial charge in [0.25, 0.3) is 0 Å². The van der Waals surface area contributed by atoms with Crippen LogP contribution in [0, 0.1) is 17.0 Å². The molecule has 1 rings (SSSR count). The molecular formula is C11H13NO5. The van der Waals surface area contributed by atoms with Crippen molar-refractivity contribution in [1.29, 1.82) is 0 Å². The summed E-state index contributed by atoms with van der Waals surface area (Å²) < 4.78 is 9.80. The van der Waals surface area contributed by atoms with E-state index in [9.17, 15) is 14.9 Å². The standard InChI is InChI=1S/C11H13NO5/c1-3-16-10(13)7-17-11-8(2)5-4-6-9(11)12(14)15/h4-6H,3,7H2,1-2H3. The van der Waals surface area contributed by atoms with Crippen LogP contribution in [0.2, 0.25) is 0 Å². The first-order chi connectivity index (χ1) is 8.06. The van der Waals surface area contributed by atoms with Crippen molar-refractivity contribution in [3.63, 3.8) is 0 Å². The number of para-hydroxylation sites is 1. The normalized spacial score (nSPS) is 9.76. The maximum atomic E-state index is 11.1. The van der Waals surface area contributed by atoms with E-state index in [1.165, 1.54) is 6.07 Å². The molecule has 0 spiro atoms.